The summed E-state index contributed by atoms with van der Waals surface area (Å²) in [7, 11) is 0. The Morgan fingerprint density at radius 1 is 0.649 bits per heavy atom. The van der Waals surface area contributed by atoms with E-state index in [1.807, 2.05) is 6.07 Å². The van der Waals surface area contributed by atoms with Crippen molar-refractivity contribution in [3.05, 3.63) is 33.8 Å². The van der Waals surface area contributed by atoms with Crippen molar-refractivity contribution in [2.24, 2.45) is 0 Å². The molecule has 0 fully saturated rings. The molecule has 0 radical (unpaired) electrons. The molecular weight excluding hydrogens is 489 g/mol. The van der Waals surface area contributed by atoms with Gasteiger partial charge in [-0.3, -0.25) is 0 Å². The smallest absolute Gasteiger partial charge is 0.166 e. The molecular formula is C33H56ClF3. The molecule has 0 saturated heterocycles. The summed E-state index contributed by atoms with van der Waals surface area (Å²) in [4.78, 5) is 0. The molecule has 216 valence electrons. The maximum atomic E-state index is 14.6. The Labute approximate surface area is 232 Å². The predicted molar refractivity (Wildman–Crippen MR) is 157 cm³/mol. The standard InChI is InChI=1S/C33H56ClF3/c1-6-10-14-18-22-27(21-17-13-9-4)31-29(33(35,36)37)25-28(26-30(31)34)32(5,23-19-15-11-7-2)24-20-16-12-8-3/h25-27H,6-24H2,1-5H3. The van der Waals surface area contributed by atoms with Crippen LogP contribution in [0.4, 0.5) is 13.2 Å². The summed E-state index contributed by atoms with van der Waals surface area (Å²) in [6.45, 7) is 10.9. The lowest BCUT2D eigenvalue weighted by atomic mass is 9.72. The molecule has 0 aliphatic heterocycles. The zero-order valence-corrected chi connectivity index (χ0v) is 25.4. The van der Waals surface area contributed by atoms with Gasteiger partial charge < -0.3 is 0 Å². The lowest BCUT2D eigenvalue weighted by molar-refractivity contribution is -0.138. The molecule has 1 aromatic carbocycles. The van der Waals surface area contributed by atoms with Gasteiger partial charge in [0, 0.05) is 5.02 Å². The fourth-order valence-corrected chi connectivity index (χ4v) is 6.18. The van der Waals surface area contributed by atoms with Gasteiger partial charge in [-0.25, -0.2) is 0 Å². The molecule has 1 unspecified atom stereocenters. The van der Waals surface area contributed by atoms with Crippen molar-refractivity contribution in [3.8, 4) is 0 Å². The second-order valence-corrected chi connectivity index (χ2v) is 12.0. The molecule has 0 saturated carbocycles. The molecule has 0 amide bonds. The van der Waals surface area contributed by atoms with Gasteiger partial charge in [-0.2, -0.15) is 13.2 Å². The van der Waals surface area contributed by atoms with Crippen molar-refractivity contribution in [3.63, 3.8) is 0 Å². The van der Waals surface area contributed by atoms with Crippen LogP contribution < -0.4 is 0 Å². The van der Waals surface area contributed by atoms with Crippen molar-refractivity contribution < 1.29 is 13.2 Å². The molecule has 1 aromatic rings. The summed E-state index contributed by atoms with van der Waals surface area (Å²) >= 11 is 6.86. The first-order valence-corrected chi connectivity index (χ1v) is 15.9. The van der Waals surface area contributed by atoms with E-state index in [0.29, 0.717) is 10.6 Å². The van der Waals surface area contributed by atoms with Gasteiger partial charge in [0.05, 0.1) is 5.56 Å². The molecule has 0 aliphatic carbocycles. The molecule has 0 heterocycles. The van der Waals surface area contributed by atoms with Gasteiger partial charge in [0.2, 0.25) is 0 Å². The Morgan fingerprint density at radius 2 is 1.08 bits per heavy atom. The van der Waals surface area contributed by atoms with Crippen LogP contribution in [-0.4, -0.2) is 0 Å². The third-order valence-corrected chi connectivity index (χ3v) is 8.58. The van der Waals surface area contributed by atoms with Crippen LogP contribution in [0.15, 0.2) is 12.1 Å². The first kappa shape index (κ1) is 34.3. The molecule has 0 bridgehead atoms. The van der Waals surface area contributed by atoms with E-state index in [0.717, 1.165) is 115 Å². The van der Waals surface area contributed by atoms with E-state index in [-0.39, 0.29) is 11.3 Å². The van der Waals surface area contributed by atoms with Crippen molar-refractivity contribution in [1.82, 2.24) is 0 Å². The molecule has 0 aromatic heterocycles. The van der Waals surface area contributed by atoms with Gasteiger partial charge in [0.25, 0.3) is 0 Å². The van der Waals surface area contributed by atoms with Gasteiger partial charge >= 0.3 is 6.18 Å². The number of alkyl halides is 3. The van der Waals surface area contributed by atoms with Crippen LogP contribution in [0.3, 0.4) is 0 Å². The Balaban J connectivity index is 3.43. The highest BCUT2D eigenvalue weighted by atomic mass is 35.5. The maximum Gasteiger partial charge on any atom is 0.416 e. The van der Waals surface area contributed by atoms with Crippen molar-refractivity contribution in [2.45, 2.75) is 174 Å². The van der Waals surface area contributed by atoms with E-state index in [2.05, 4.69) is 34.6 Å². The fraction of sp³-hybridized carbons (Fsp3) is 0.818. The van der Waals surface area contributed by atoms with Crippen molar-refractivity contribution in [1.29, 1.82) is 0 Å². The van der Waals surface area contributed by atoms with Gasteiger partial charge in [0.15, 0.2) is 0 Å². The molecule has 0 nitrogen and oxygen atoms in total. The minimum atomic E-state index is -4.40. The van der Waals surface area contributed by atoms with E-state index < -0.39 is 11.7 Å². The van der Waals surface area contributed by atoms with E-state index >= 15 is 0 Å². The Kier molecular flexibility index (Phi) is 17.2. The second-order valence-electron chi connectivity index (χ2n) is 11.6. The van der Waals surface area contributed by atoms with Crippen LogP contribution in [0.2, 0.25) is 5.02 Å². The number of hydrogen-bond donors (Lipinski definition) is 0. The summed E-state index contributed by atoms with van der Waals surface area (Å²) in [6.07, 6.45) is 15.4. The molecule has 1 atom stereocenters. The molecule has 37 heavy (non-hydrogen) atoms. The summed E-state index contributed by atoms with van der Waals surface area (Å²) in [6, 6.07) is 3.42. The van der Waals surface area contributed by atoms with Gasteiger partial charge in [0.1, 0.15) is 0 Å². The minimum Gasteiger partial charge on any atom is -0.166 e. The highest BCUT2D eigenvalue weighted by molar-refractivity contribution is 6.31. The molecule has 1 rings (SSSR count). The SMILES string of the molecule is CCCCCCC(CCCCC)c1c(Cl)cc(C(C)(CCCCCC)CCCCCC)cc1C(F)(F)F. The van der Waals surface area contributed by atoms with E-state index in [9.17, 15) is 13.2 Å². The average molecular weight is 545 g/mol. The van der Waals surface area contributed by atoms with Crippen molar-refractivity contribution >= 4 is 11.6 Å². The highest BCUT2D eigenvalue weighted by Crippen LogP contribution is 2.46. The van der Waals surface area contributed by atoms with Gasteiger partial charge in [-0.15, -0.1) is 0 Å². The third kappa shape index (κ3) is 12.3. The van der Waals surface area contributed by atoms with Crippen LogP contribution >= 0.6 is 11.6 Å². The largest absolute Gasteiger partial charge is 0.416 e. The third-order valence-electron chi connectivity index (χ3n) is 8.27. The van der Waals surface area contributed by atoms with Gasteiger partial charge in [-0.05, 0) is 60.3 Å². The summed E-state index contributed by atoms with van der Waals surface area (Å²) < 4.78 is 43.9. The van der Waals surface area contributed by atoms with Crippen LogP contribution in [-0.2, 0) is 11.6 Å². The first-order chi connectivity index (χ1) is 17.6. The number of hydrogen-bond acceptors (Lipinski definition) is 0. The van der Waals surface area contributed by atoms with Crippen LogP contribution in [0.5, 0.6) is 0 Å². The molecule has 0 aliphatic rings. The van der Waals surface area contributed by atoms with E-state index in [1.165, 1.54) is 18.9 Å². The van der Waals surface area contributed by atoms with E-state index in [1.54, 1.807) is 0 Å². The number of unbranched alkanes of at least 4 members (excludes halogenated alkanes) is 11. The van der Waals surface area contributed by atoms with Crippen LogP contribution in [0.25, 0.3) is 0 Å². The van der Waals surface area contributed by atoms with Crippen LogP contribution in [0, 0.1) is 0 Å². The molecule has 0 N–H and O–H groups in total. The summed E-state index contributed by atoms with van der Waals surface area (Å²) in [5.74, 6) is -0.123. The summed E-state index contributed by atoms with van der Waals surface area (Å²) in [5, 5.41) is 0.343. The predicted octanol–water partition coefficient (Wildman–Crippen LogP) is 13.2. The highest BCUT2D eigenvalue weighted by Gasteiger charge is 2.39. The number of halogens is 4. The Morgan fingerprint density at radius 3 is 1.54 bits per heavy atom. The number of benzene rings is 1. The topological polar surface area (TPSA) is 0 Å². The van der Waals surface area contributed by atoms with Crippen molar-refractivity contribution in [2.75, 3.05) is 0 Å². The average Bonchev–Trinajstić information content (AvgIpc) is 2.85. The second kappa shape index (κ2) is 18.6. The lowest BCUT2D eigenvalue weighted by Crippen LogP contribution is -2.24. The fourth-order valence-electron chi connectivity index (χ4n) is 5.80. The monoisotopic (exact) mass is 544 g/mol. The van der Waals surface area contributed by atoms with Gasteiger partial charge in [-0.1, -0.05) is 143 Å². The van der Waals surface area contributed by atoms with Crippen LogP contribution in [0.1, 0.15) is 179 Å². The summed E-state index contributed by atoms with van der Waals surface area (Å²) in [5.41, 5.74) is 0.410. The molecule has 4 heteroatoms. The molecule has 0 spiro atoms. The zero-order valence-electron chi connectivity index (χ0n) is 24.7. The quantitative estimate of drug-likeness (QED) is 0.135. The minimum absolute atomic E-state index is 0.123. The van der Waals surface area contributed by atoms with E-state index in [4.69, 9.17) is 11.6 Å². The lowest BCUT2D eigenvalue weighted by Gasteiger charge is -2.33. The number of rotatable bonds is 21. The zero-order chi connectivity index (χ0) is 27.7. The first-order valence-electron chi connectivity index (χ1n) is 15.6. The Hall–Kier alpha value is -0.700. The maximum absolute atomic E-state index is 14.6. The Bertz CT molecular complexity index is 713. The normalized spacial score (nSPS) is 13.3.